The van der Waals surface area contributed by atoms with E-state index in [4.69, 9.17) is 4.74 Å². The number of carbonyl (C=O) groups excluding carboxylic acids is 1. The molecule has 0 bridgehead atoms. The number of nitrogens with zero attached hydrogens (tertiary/aromatic N) is 1. The number of nitrogens with one attached hydrogen (secondary N) is 2. The molecule has 5 nitrogen and oxygen atoms in total. The molecule has 0 fully saturated rings. The number of para-hydroxylation sites is 3. The molecule has 0 aliphatic heterocycles. The quantitative estimate of drug-likeness (QED) is 0.709. The van der Waals surface area contributed by atoms with E-state index >= 15 is 0 Å². The number of carbonyl (C=O) groups is 1. The summed E-state index contributed by atoms with van der Waals surface area (Å²) >= 11 is 0. The minimum atomic E-state index is -0.278. The third kappa shape index (κ3) is 5.07. The Hall–Kier alpha value is -3.34. The predicted octanol–water partition coefficient (Wildman–Crippen LogP) is 4.24. The van der Waals surface area contributed by atoms with Crippen molar-refractivity contribution in [2.45, 2.75) is 6.42 Å². The Morgan fingerprint density at radius 3 is 2.48 bits per heavy atom. The Morgan fingerprint density at radius 1 is 0.920 bits per heavy atom. The van der Waals surface area contributed by atoms with Crippen LogP contribution in [0.25, 0.3) is 0 Å². The zero-order valence-electron chi connectivity index (χ0n) is 13.7. The fourth-order valence-electron chi connectivity index (χ4n) is 2.29. The minimum absolute atomic E-state index is 0.278. The molecule has 0 atom stereocenters. The van der Waals surface area contributed by atoms with Crippen molar-refractivity contribution in [2.24, 2.45) is 0 Å². The molecule has 2 amide bonds. The van der Waals surface area contributed by atoms with Crippen LogP contribution in [0.4, 0.5) is 10.5 Å². The molecule has 2 aromatic carbocycles. The van der Waals surface area contributed by atoms with Crippen LogP contribution in [0.15, 0.2) is 79.0 Å². The lowest BCUT2D eigenvalue weighted by molar-refractivity contribution is 0.252. The number of pyridine rings is 1. The van der Waals surface area contributed by atoms with Crippen molar-refractivity contribution in [3.63, 3.8) is 0 Å². The second-order valence-corrected chi connectivity index (χ2v) is 5.36. The van der Waals surface area contributed by atoms with Gasteiger partial charge in [-0.25, -0.2) is 4.79 Å². The first-order chi connectivity index (χ1) is 12.3. The van der Waals surface area contributed by atoms with Crippen molar-refractivity contribution in [1.82, 2.24) is 10.3 Å². The second kappa shape index (κ2) is 8.49. The first-order valence-electron chi connectivity index (χ1n) is 8.08. The molecule has 2 N–H and O–H groups in total. The number of ether oxygens (including phenoxy) is 1. The van der Waals surface area contributed by atoms with Crippen LogP contribution < -0.4 is 15.4 Å². The lowest BCUT2D eigenvalue weighted by Crippen LogP contribution is -2.30. The van der Waals surface area contributed by atoms with Gasteiger partial charge in [-0.15, -0.1) is 0 Å². The molecule has 5 heteroatoms. The number of aromatic nitrogens is 1. The van der Waals surface area contributed by atoms with Crippen molar-refractivity contribution in [3.8, 4) is 11.5 Å². The van der Waals surface area contributed by atoms with Crippen LogP contribution in [0.3, 0.4) is 0 Å². The Labute approximate surface area is 146 Å². The van der Waals surface area contributed by atoms with Gasteiger partial charge in [-0.05, 0) is 36.4 Å². The number of hydrogen-bond donors (Lipinski definition) is 2. The largest absolute Gasteiger partial charge is 0.455 e. The van der Waals surface area contributed by atoms with Gasteiger partial charge in [0.1, 0.15) is 5.75 Å². The average molecular weight is 333 g/mol. The highest BCUT2D eigenvalue weighted by atomic mass is 16.5. The number of urea groups is 1. The lowest BCUT2D eigenvalue weighted by Gasteiger charge is -2.12. The van der Waals surface area contributed by atoms with Crippen molar-refractivity contribution in [1.29, 1.82) is 0 Å². The van der Waals surface area contributed by atoms with E-state index in [9.17, 15) is 4.79 Å². The van der Waals surface area contributed by atoms with Gasteiger partial charge in [0.2, 0.25) is 0 Å². The zero-order chi connectivity index (χ0) is 17.3. The Kier molecular flexibility index (Phi) is 5.61. The molecule has 1 aromatic heterocycles. The summed E-state index contributed by atoms with van der Waals surface area (Å²) < 4.78 is 5.83. The maximum atomic E-state index is 12.1. The lowest BCUT2D eigenvalue weighted by atomic mass is 10.2. The van der Waals surface area contributed by atoms with Crippen LogP contribution in [0, 0.1) is 0 Å². The molecular formula is C20H19N3O2. The van der Waals surface area contributed by atoms with Crippen molar-refractivity contribution in [2.75, 3.05) is 11.9 Å². The summed E-state index contributed by atoms with van der Waals surface area (Å²) in [6.45, 7) is 0.505. The van der Waals surface area contributed by atoms with Gasteiger partial charge < -0.3 is 15.4 Å². The number of benzene rings is 2. The molecule has 0 aliphatic rings. The van der Waals surface area contributed by atoms with E-state index in [0.29, 0.717) is 30.2 Å². The van der Waals surface area contributed by atoms with E-state index in [-0.39, 0.29) is 6.03 Å². The van der Waals surface area contributed by atoms with Gasteiger partial charge in [-0.3, -0.25) is 4.98 Å². The third-order valence-electron chi connectivity index (χ3n) is 3.50. The Morgan fingerprint density at radius 2 is 1.68 bits per heavy atom. The normalized spacial score (nSPS) is 10.1. The van der Waals surface area contributed by atoms with E-state index in [2.05, 4.69) is 15.6 Å². The maximum Gasteiger partial charge on any atom is 0.319 e. The smallest absolute Gasteiger partial charge is 0.319 e. The van der Waals surface area contributed by atoms with Gasteiger partial charge in [0, 0.05) is 24.9 Å². The van der Waals surface area contributed by atoms with Gasteiger partial charge in [0.25, 0.3) is 0 Å². The number of hydrogen-bond acceptors (Lipinski definition) is 3. The standard InChI is InChI=1S/C20H19N3O2/c24-20(22-15-13-16-8-6-7-14-21-16)23-18-11-4-5-12-19(18)25-17-9-2-1-3-10-17/h1-12,14H,13,15H2,(H2,22,23,24). The number of anilines is 1. The van der Waals surface area contributed by atoms with Gasteiger partial charge in [-0.2, -0.15) is 0 Å². The van der Waals surface area contributed by atoms with Crippen molar-refractivity contribution >= 4 is 11.7 Å². The highest BCUT2D eigenvalue weighted by Crippen LogP contribution is 2.28. The van der Waals surface area contributed by atoms with E-state index in [1.165, 1.54) is 0 Å². The Balaban J connectivity index is 1.56. The summed E-state index contributed by atoms with van der Waals surface area (Å²) in [5.74, 6) is 1.31. The molecule has 3 rings (SSSR count). The molecule has 126 valence electrons. The van der Waals surface area contributed by atoms with Crippen LogP contribution in [-0.2, 0) is 6.42 Å². The van der Waals surface area contributed by atoms with Crippen LogP contribution >= 0.6 is 0 Å². The van der Waals surface area contributed by atoms with E-state index in [1.807, 2.05) is 66.7 Å². The van der Waals surface area contributed by atoms with Crippen LogP contribution in [0.5, 0.6) is 11.5 Å². The first kappa shape index (κ1) is 16.5. The van der Waals surface area contributed by atoms with Gasteiger partial charge >= 0.3 is 6.03 Å². The van der Waals surface area contributed by atoms with Crippen LogP contribution in [0.1, 0.15) is 5.69 Å². The summed E-state index contributed by atoms with van der Waals surface area (Å²) in [4.78, 5) is 16.3. The van der Waals surface area contributed by atoms with Gasteiger partial charge in [0.15, 0.2) is 5.75 Å². The SMILES string of the molecule is O=C(NCCc1ccccn1)Nc1ccccc1Oc1ccccc1. The zero-order valence-corrected chi connectivity index (χ0v) is 13.7. The topological polar surface area (TPSA) is 63.2 Å². The molecule has 0 saturated heterocycles. The van der Waals surface area contributed by atoms with Gasteiger partial charge in [-0.1, -0.05) is 36.4 Å². The summed E-state index contributed by atoms with van der Waals surface area (Å²) in [6.07, 6.45) is 2.42. The Bertz CT molecular complexity index is 807. The molecule has 0 saturated carbocycles. The van der Waals surface area contributed by atoms with Crippen molar-refractivity contribution < 1.29 is 9.53 Å². The van der Waals surface area contributed by atoms with Crippen LogP contribution in [-0.4, -0.2) is 17.6 Å². The monoisotopic (exact) mass is 333 g/mol. The molecule has 0 unspecified atom stereocenters. The molecule has 0 radical (unpaired) electrons. The minimum Gasteiger partial charge on any atom is -0.455 e. The molecule has 3 aromatic rings. The average Bonchev–Trinajstić information content (AvgIpc) is 2.65. The van der Waals surface area contributed by atoms with E-state index < -0.39 is 0 Å². The fourth-order valence-corrected chi connectivity index (χ4v) is 2.29. The number of amides is 2. The first-order valence-corrected chi connectivity index (χ1v) is 8.08. The molecule has 1 heterocycles. The highest BCUT2D eigenvalue weighted by Gasteiger charge is 2.08. The molecule has 0 aliphatic carbocycles. The van der Waals surface area contributed by atoms with Crippen molar-refractivity contribution in [3.05, 3.63) is 84.7 Å². The molecule has 25 heavy (non-hydrogen) atoms. The van der Waals surface area contributed by atoms with Gasteiger partial charge in [0.05, 0.1) is 5.69 Å². The van der Waals surface area contributed by atoms with E-state index in [1.54, 1.807) is 12.3 Å². The molecular weight excluding hydrogens is 314 g/mol. The summed E-state index contributed by atoms with van der Waals surface area (Å²) in [5, 5.41) is 5.65. The highest BCUT2D eigenvalue weighted by molar-refractivity contribution is 5.90. The third-order valence-corrected chi connectivity index (χ3v) is 3.50. The fraction of sp³-hybridized carbons (Fsp3) is 0.100. The predicted molar refractivity (Wildman–Crippen MR) is 97.9 cm³/mol. The summed E-state index contributed by atoms with van der Waals surface area (Å²) in [5.41, 5.74) is 1.55. The second-order valence-electron chi connectivity index (χ2n) is 5.36. The number of rotatable bonds is 6. The molecule has 0 spiro atoms. The summed E-state index contributed by atoms with van der Waals surface area (Å²) in [6, 6.07) is 22.2. The van der Waals surface area contributed by atoms with Crippen LogP contribution in [0.2, 0.25) is 0 Å². The summed E-state index contributed by atoms with van der Waals surface area (Å²) in [7, 11) is 0. The maximum absolute atomic E-state index is 12.1. The van der Waals surface area contributed by atoms with E-state index in [0.717, 1.165) is 5.69 Å².